The van der Waals surface area contributed by atoms with Gasteiger partial charge in [-0.15, -0.1) is 0 Å². The third kappa shape index (κ3) is 5.57. The van der Waals surface area contributed by atoms with Crippen LogP contribution in [0.4, 0.5) is 10.5 Å². The first-order valence-corrected chi connectivity index (χ1v) is 15.1. The number of carbonyl (C=O) groups is 3. The van der Waals surface area contributed by atoms with Crippen LogP contribution in [0.2, 0.25) is 18.1 Å². The number of benzene rings is 1. The summed E-state index contributed by atoms with van der Waals surface area (Å²) in [7, 11) is -2.15. The van der Waals surface area contributed by atoms with Gasteiger partial charge in [0.25, 0.3) is 5.69 Å². The normalized spacial score (nSPS) is 20.5. The van der Waals surface area contributed by atoms with Gasteiger partial charge in [0.1, 0.15) is 29.7 Å². The van der Waals surface area contributed by atoms with Crippen LogP contribution in [-0.4, -0.2) is 59.4 Å². The van der Waals surface area contributed by atoms with Gasteiger partial charge in [0, 0.05) is 17.0 Å². The van der Waals surface area contributed by atoms with Crippen molar-refractivity contribution in [3.8, 4) is 0 Å². The van der Waals surface area contributed by atoms with E-state index in [1.165, 1.54) is 40.9 Å². The number of amides is 1. The molecule has 0 saturated carbocycles. The zero-order chi connectivity index (χ0) is 27.0. The van der Waals surface area contributed by atoms with Gasteiger partial charge < -0.3 is 19.0 Å². The van der Waals surface area contributed by atoms with Gasteiger partial charge in [-0.25, -0.2) is 9.59 Å². The summed E-state index contributed by atoms with van der Waals surface area (Å²) in [6.07, 6.45) is -1.85. The minimum atomic E-state index is -2.15. The number of hydrogen-bond donors (Lipinski definition) is 1. The number of carboxylic acid groups (broad SMARTS) is 1. The molecule has 3 atom stereocenters. The Morgan fingerprint density at radius 1 is 1.22 bits per heavy atom. The molecule has 11 nitrogen and oxygen atoms in total. The molecule has 0 aliphatic carbocycles. The van der Waals surface area contributed by atoms with Crippen LogP contribution in [0.1, 0.15) is 33.3 Å². The molecule has 1 amide bonds. The summed E-state index contributed by atoms with van der Waals surface area (Å²) >= 11 is 1.24. The highest BCUT2D eigenvalue weighted by Crippen LogP contribution is 2.51. The Bertz CT molecular complexity index is 1100. The third-order valence-electron chi connectivity index (χ3n) is 6.72. The van der Waals surface area contributed by atoms with E-state index >= 15 is 0 Å². The number of β-lactam (4-membered cyclic amide) rings is 1. The summed E-state index contributed by atoms with van der Waals surface area (Å²) in [6, 6.07) is 5.52. The smallest absolute Gasteiger partial charge is 0.477 e. The molecule has 3 rings (SSSR count). The minimum absolute atomic E-state index is 0.0605. The number of ether oxygens (including phenoxy) is 2. The van der Waals surface area contributed by atoms with Crippen molar-refractivity contribution in [2.75, 3.05) is 6.61 Å². The minimum Gasteiger partial charge on any atom is -0.477 e. The topological polar surface area (TPSA) is 146 Å². The highest BCUT2D eigenvalue weighted by Gasteiger charge is 2.59. The van der Waals surface area contributed by atoms with Gasteiger partial charge in [-0.05, 0) is 42.8 Å². The van der Waals surface area contributed by atoms with Crippen LogP contribution in [0.3, 0.4) is 0 Å². The average molecular weight is 539 g/mol. The van der Waals surface area contributed by atoms with Crippen molar-refractivity contribution in [1.29, 1.82) is 0 Å². The van der Waals surface area contributed by atoms with Crippen molar-refractivity contribution >= 4 is 43.8 Å². The molecule has 0 unspecified atom stereocenters. The number of fused-ring (bicyclic) bond motifs is 1. The first-order chi connectivity index (χ1) is 16.6. The number of carbonyl (C=O) groups excluding carboxylic acids is 2. The lowest BCUT2D eigenvalue weighted by Crippen LogP contribution is -2.61. The SMILES string of the molecule is C[C@@H](OC(=O)OCc1ccc([N+](=O)[O-])cc1)[C@H]1C(=O)N2C(C(=O)O)=C(CO[Si](C)(C)C(C)(C)C)S[C@H]12. The molecule has 2 heterocycles. The van der Waals surface area contributed by atoms with Gasteiger partial charge in [-0.1, -0.05) is 32.5 Å². The van der Waals surface area contributed by atoms with E-state index in [1.54, 1.807) is 6.92 Å². The van der Waals surface area contributed by atoms with Crippen LogP contribution in [0.25, 0.3) is 0 Å². The number of nitrogens with zero attached hydrogens (tertiary/aromatic N) is 2. The molecule has 2 aliphatic heterocycles. The molecular formula is C23H30N2O9SSi. The lowest BCUT2D eigenvalue weighted by atomic mass is 9.92. The highest BCUT2D eigenvalue weighted by molar-refractivity contribution is 8.04. The maximum absolute atomic E-state index is 12.8. The molecule has 1 aromatic carbocycles. The maximum atomic E-state index is 12.8. The van der Waals surface area contributed by atoms with Crippen molar-refractivity contribution in [1.82, 2.24) is 4.90 Å². The largest absolute Gasteiger partial charge is 0.508 e. The van der Waals surface area contributed by atoms with E-state index < -0.39 is 48.7 Å². The molecule has 1 aromatic rings. The summed E-state index contributed by atoms with van der Waals surface area (Å²) in [4.78, 5) is 48.9. The lowest BCUT2D eigenvalue weighted by molar-refractivity contribution is -0.384. The number of non-ortho nitro benzene ring substituents is 1. The predicted molar refractivity (Wildman–Crippen MR) is 133 cm³/mol. The zero-order valence-electron chi connectivity index (χ0n) is 21.0. The molecule has 1 saturated heterocycles. The monoisotopic (exact) mass is 538 g/mol. The van der Waals surface area contributed by atoms with Crippen molar-refractivity contribution in [2.45, 2.75) is 63.9 Å². The zero-order valence-corrected chi connectivity index (χ0v) is 22.8. The Kier molecular flexibility index (Phi) is 7.86. The quantitative estimate of drug-likeness (QED) is 0.157. The average Bonchev–Trinajstić information content (AvgIpc) is 3.10. The van der Waals surface area contributed by atoms with Gasteiger partial charge in [-0.2, -0.15) is 0 Å². The molecule has 0 radical (unpaired) electrons. The number of aliphatic carboxylic acids is 1. The fourth-order valence-corrected chi connectivity index (χ4v) is 6.08. The standard InChI is InChI=1S/C23H30N2O9SSi/c1-13(34-22(29)32-11-14-7-9-15(10-8-14)25(30)31)17-19(26)24-18(21(27)28)16(35-20(17)24)12-33-36(5,6)23(2,3)4/h7-10,13,17,20H,11-12H2,1-6H3,(H,27,28)/t13-,17+,20-/m1/s1. The van der Waals surface area contributed by atoms with Crippen LogP contribution >= 0.6 is 11.8 Å². The van der Waals surface area contributed by atoms with E-state index in [2.05, 4.69) is 33.9 Å². The summed E-state index contributed by atoms with van der Waals surface area (Å²) < 4.78 is 16.5. The van der Waals surface area contributed by atoms with Gasteiger partial charge in [0.05, 0.1) is 11.5 Å². The van der Waals surface area contributed by atoms with E-state index in [4.69, 9.17) is 13.9 Å². The molecule has 13 heteroatoms. The van der Waals surface area contributed by atoms with Gasteiger partial charge in [0.15, 0.2) is 8.32 Å². The molecule has 36 heavy (non-hydrogen) atoms. The second-order valence-corrected chi connectivity index (χ2v) is 16.2. The fourth-order valence-electron chi connectivity index (χ4n) is 3.52. The molecule has 1 N–H and O–H groups in total. The Morgan fingerprint density at radius 2 is 1.83 bits per heavy atom. The number of nitro groups is 1. The molecular weight excluding hydrogens is 508 g/mol. The summed E-state index contributed by atoms with van der Waals surface area (Å²) in [5.41, 5.74) is 0.363. The van der Waals surface area contributed by atoms with Gasteiger partial charge in [0.2, 0.25) is 5.91 Å². The number of carboxylic acids is 1. The number of thioether (sulfide) groups is 1. The van der Waals surface area contributed by atoms with Crippen LogP contribution in [0.15, 0.2) is 34.9 Å². The molecule has 0 spiro atoms. The Hall–Kier alpha value is -2.90. The summed E-state index contributed by atoms with van der Waals surface area (Å²) in [5, 5.41) is 19.9. The van der Waals surface area contributed by atoms with E-state index in [1.807, 2.05) is 0 Å². The van der Waals surface area contributed by atoms with Crippen LogP contribution < -0.4 is 0 Å². The van der Waals surface area contributed by atoms with Crippen molar-refractivity contribution < 1.29 is 38.3 Å². The first kappa shape index (κ1) is 27.7. The van der Waals surface area contributed by atoms with Crippen molar-refractivity contribution in [2.24, 2.45) is 5.92 Å². The third-order valence-corrected chi connectivity index (χ3v) is 12.5. The first-order valence-electron chi connectivity index (χ1n) is 11.3. The molecule has 196 valence electrons. The van der Waals surface area contributed by atoms with E-state index in [9.17, 15) is 29.6 Å². The maximum Gasteiger partial charge on any atom is 0.508 e. The van der Waals surface area contributed by atoms with E-state index in [0.29, 0.717) is 10.5 Å². The van der Waals surface area contributed by atoms with Crippen LogP contribution in [0.5, 0.6) is 0 Å². The Morgan fingerprint density at radius 3 is 2.36 bits per heavy atom. The van der Waals surface area contributed by atoms with Crippen LogP contribution in [-0.2, 0) is 30.1 Å². The van der Waals surface area contributed by atoms with Gasteiger partial charge >= 0.3 is 12.1 Å². The van der Waals surface area contributed by atoms with E-state index in [0.717, 1.165) is 0 Å². The highest BCUT2D eigenvalue weighted by atomic mass is 32.2. The predicted octanol–water partition coefficient (Wildman–Crippen LogP) is 4.49. The summed E-state index contributed by atoms with van der Waals surface area (Å²) in [5.74, 6) is -2.38. The van der Waals surface area contributed by atoms with Crippen molar-refractivity contribution in [3.63, 3.8) is 0 Å². The molecule has 2 aliphatic rings. The number of rotatable bonds is 9. The second kappa shape index (κ2) is 10.2. The second-order valence-electron chi connectivity index (χ2n) is 10.2. The molecule has 0 bridgehead atoms. The summed E-state index contributed by atoms with van der Waals surface area (Å²) in [6.45, 7) is 11.9. The fraction of sp³-hybridized carbons (Fsp3) is 0.522. The van der Waals surface area contributed by atoms with E-state index in [-0.39, 0.29) is 29.6 Å². The van der Waals surface area contributed by atoms with Gasteiger partial charge in [-0.3, -0.25) is 19.8 Å². The molecule has 0 aromatic heterocycles. The Labute approximate surface area is 214 Å². The number of hydrogen-bond acceptors (Lipinski definition) is 9. The Balaban J connectivity index is 1.59. The number of nitro benzene ring substituents is 1. The lowest BCUT2D eigenvalue weighted by Gasteiger charge is -2.44. The van der Waals surface area contributed by atoms with Crippen LogP contribution in [0, 0.1) is 16.0 Å². The molecule has 1 fully saturated rings. The van der Waals surface area contributed by atoms with Crippen molar-refractivity contribution in [3.05, 3.63) is 50.5 Å².